The van der Waals surface area contributed by atoms with Crippen LogP contribution in [0.25, 0.3) is 0 Å². The van der Waals surface area contributed by atoms with Crippen molar-refractivity contribution in [3.05, 3.63) is 59.3 Å². The van der Waals surface area contributed by atoms with Crippen LogP contribution < -0.4 is 10.2 Å². The van der Waals surface area contributed by atoms with Crippen LogP contribution in [0.1, 0.15) is 16.7 Å². The highest BCUT2D eigenvalue weighted by Gasteiger charge is 2.32. The summed E-state index contributed by atoms with van der Waals surface area (Å²) in [6.45, 7) is 1.29. The van der Waals surface area contributed by atoms with Crippen molar-refractivity contribution in [1.82, 2.24) is 15.2 Å². The van der Waals surface area contributed by atoms with Gasteiger partial charge in [-0.25, -0.2) is 9.78 Å². The Balaban J connectivity index is 1.51. The number of hydrogen-bond acceptors (Lipinski definition) is 3. The molecule has 1 aliphatic heterocycles. The van der Waals surface area contributed by atoms with E-state index in [1.165, 1.54) is 23.1 Å². The van der Waals surface area contributed by atoms with Gasteiger partial charge in [-0.3, -0.25) is 0 Å². The second kappa shape index (κ2) is 8.41. The molecule has 1 saturated heterocycles. The normalized spacial score (nSPS) is 15.3. The maximum absolute atomic E-state index is 12.8. The zero-order chi connectivity index (χ0) is 21.9. The van der Waals surface area contributed by atoms with Gasteiger partial charge in [0.25, 0.3) is 0 Å². The number of pyridine rings is 1. The maximum Gasteiger partial charge on any atom is 0.417 e. The zero-order valence-corrected chi connectivity index (χ0v) is 15.6. The van der Waals surface area contributed by atoms with Crippen molar-refractivity contribution in [1.29, 1.82) is 0 Å². The third kappa shape index (κ3) is 5.33. The number of rotatable bonds is 3. The Labute approximate surface area is 168 Å². The third-order valence-corrected chi connectivity index (χ3v) is 4.66. The quantitative estimate of drug-likeness (QED) is 0.742. The number of carbonyl (C=O) groups excluding carboxylic acids is 1. The van der Waals surface area contributed by atoms with Gasteiger partial charge >= 0.3 is 18.4 Å². The van der Waals surface area contributed by atoms with E-state index < -0.39 is 29.5 Å². The Morgan fingerprint density at radius 2 is 1.60 bits per heavy atom. The van der Waals surface area contributed by atoms with Crippen LogP contribution in [0.3, 0.4) is 0 Å². The second-order valence-corrected chi connectivity index (χ2v) is 6.73. The van der Waals surface area contributed by atoms with Gasteiger partial charge < -0.3 is 15.1 Å². The van der Waals surface area contributed by atoms with Crippen molar-refractivity contribution in [2.45, 2.75) is 18.9 Å². The van der Waals surface area contributed by atoms with Crippen molar-refractivity contribution in [2.75, 3.05) is 31.1 Å². The van der Waals surface area contributed by atoms with Crippen LogP contribution in [-0.2, 0) is 18.9 Å². The summed E-state index contributed by atoms with van der Waals surface area (Å²) in [4.78, 5) is 19.4. The largest absolute Gasteiger partial charge is 0.417 e. The van der Waals surface area contributed by atoms with Crippen LogP contribution in [-0.4, -0.2) is 42.1 Å². The minimum Gasteiger partial charge on any atom is -0.353 e. The van der Waals surface area contributed by atoms with Crippen molar-refractivity contribution >= 4 is 11.8 Å². The Morgan fingerprint density at radius 1 is 0.933 bits per heavy atom. The SMILES string of the molecule is O=C(NCc1cccc(C(F)(F)F)c1)N1CCN(c2ccc(C(F)(F)F)cn2)CC1. The number of halogens is 6. The fourth-order valence-corrected chi connectivity index (χ4v) is 3.03. The Kier molecular flexibility index (Phi) is 6.09. The molecule has 0 radical (unpaired) electrons. The lowest BCUT2D eigenvalue weighted by molar-refractivity contribution is -0.138. The summed E-state index contributed by atoms with van der Waals surface area (Å²) < 4.78 is 76.1. The number of hydrogen-bond donors (Lipinski definition) is 1. The molecular weight excluding hydrogens is 414 g/mol. The number of nitrogens with zero attached hydrogens (tertiary/aromatic N) is 3. The lowest BCUT2D eigenvalue weighted by Gasteiger charge is -2.35. The fourth-order valence-electron chi connectivity index (χ4n) is 3.03. The molecule has 30 heavy (non-hydrogen) atoms. The summed E-state index contributed by atoms with van der Waals surface area (Å²) in [5.74, 6) is 0.382. The number of urea groups is 1. The van der Waals surface area contributed by atoms with Crippen LogP contribution in [0.15, 0.2) is 42.6 Å². The molecule has 2 aromatic rings. The molecule has 162 valence electrons. The van der Waals surface area contributed by atoms with Crippen molar-refractivity contribution in [2.24, 2.45) is 0 Å². The summed E-state index contributed by atoms with van der Waals surface area (Å²) in [6.07, 6.45) is -8.14. The molecule has 11 heteroatoms. The van der Waals surface area contributed by atoms with E-state index in [1.54, 1.807) is 4.90 Å². The molecule has 1 N–H and O–H groups in total. The van der Waals surface area contributed by atoms with Gasteiger partial charge in [0.2, 0.25) is 0 Å². The lowest BCUT2D eigenvalue weighted by atomic mass is 10.1. The van der Waals surface area contributed by atoms with Gasteiger partial charge in [0.1, 0.15) is 5.82 Å². The highest BCUT2D eigenvalue weighted by Crippen LogP contribution is 2.30. The smallest absolute Gasteiger partial charge is 0.353 e. The molecule has 0 unspecified atom stereocenters. The standard InChI is InChI=1S/C19H18F6N4O/c20-18(21,22)14-3-1-2-13(10-14)11-27-17(30)29-8-6-28(7-9-29)16-5-4-15(12-26-16)19(23,24)25/h1-5,10,12H,6-9,11H2,(H,27,30). The summed E-state index contributed by atoms with van der Waals surface area (Å²) in [6, 6.07) is 6.52. The van der Waals surface area contributed by atoms with Crippen LogP contribution >= 0.6 is 0 Å². The van der Waals surface area contributed by atoms with E-state index in [1.807, 2.05) is 0 Å². The van der Waals surface area contributed by atoms with E-state index in [2.05, 4.69) is 10.3 Å². The number of nitrogens with one attached hydrogen (secondary N) is 1. The van der Waals surface area contributed by atoms with E-state index in [4.69, 9.17) is 0 Å². The predicted molar refractivity (Wildman–Crippen MR) is 96.7 cm³/mol. The first-order chi connectivity index (χ1) is 14.0. The summed E-state index contributed by atoms with van der Waals surface area (Å²) in [5.41, 5.74) is -1.29. The number of anilines is 1. The van der Waals surface area contributed by atoms with E-state index in [0.29, 0.717) is 37.6 Å². The minimum absolute atomic E-state index is 0.0522. The highest BCUT2D eigenvalue weighted by atomic mass is 19.4. The second-order valence-electron chi connectivity index (χ2n) is 6.73. The number of piperazine rings is 1. The van der Waals surface area contributed by atoms with Gasteiger partial charge in [-0.2, -0.15) is 26.3 Å². The van der Waals surface area contributed by atoms with Crippen molar-refractivity contribution < 1.29 is 31.1 Å². The molecule has 1 aromatic carbocycles. The predicted octanol–water partition coefficient (Wildman–Crippen LogP) is 4.15. The number of alkyl halides is 6. The first-order valence-corrected chi connectivity index (χ1v) is 9.01. The molecule has 0 atom stereocenters. The third-order valence-electron chi connectivity index (χ3n) is 4.66. The van der Waals surface area contributed by atoms with Crippen LogP contribution in [0.4, 0.5) is 37.0 Å². The number of aromatic nitrogens is 1. The van der Waals surface area contributed by atoms with Gasteiger partial charge in [-0.1, -0.05) is 12.1 Å². The average molecular weight is 432 g/mol. The molecule has 3 rings (SSSR count). The topological polar surface area (TPSA) is 48.5 Å². The molecule has 1 aliphatic rings. The Morgan fingerprint density at radius 3 is 2.17 bits per heavy atom. The average Bonchev–Trinajstić information content (AvgIpc) is 2.71. The van der Waals surface area contributed by atoms with E-state index in [9.17, 15) is 31.1 Å². The van der Waals surface area contributed by atoms with Crippen molar-refractivity contribution in [3.63, 3.8) is 0 Å². The van der Waals surface area contributed by atoms with Crippen LogP contribution in [0.2, 0.25) is 0 Å². The molecule has 1 fully saturated rings. The molecule has 0 saturated carbocycles. The van der Waals surface area contributed by atoms with Crippen molar-refractivity contribution in [3.8, 4) is 0 Å². The van der Waals surface area contributed by atoms with Gasteiger partial charge in [-0.05, 0) is 29.8 Å². The molecule has 2 heterocycles. The first-order valence-electron chi connectivity index (χ1n) is 9.01. The molecule has 0 bridgehead atoms. The van der Waals surface area contributed by atoms with Gasteiger partial charge in [0, 0.05) is 38.9 Å². The molecule has 0 spiro atoms. The van der Waals surface area contributed by atoms with Gasteiger partial charge in [-0.15, -0.1) is 0 Å². The lowest BCUT2D eigenvalue weighted by Crippen LogP contribution is -2.51. The highest BCUT2D eigenvalue weighted by molar-refractivity contribution is 5.74. The van der Waals surface area contributed by atoms with Gasteiger partial charge in [0.15, 0.2) is 0 Å². The summed E-state index contributed by atoms with van der Waals surface area (Å²) >= 11 is 0. The number of carbonyl (C=O) groups is 1. The summed E-state index contributed by atoms with van der Waals surface area (Å²) in [5, 5.41) is 2.59. The summed E-state index contributed by atoms with van der Waals surface area (Å²) in [7, 11) is 0. The first kappa shape index (κ1) is 21.7. The van der Waals surface area contributed by atoms with Gasteiger partial charge in [0.05, 0.1) is 11.1 Å². The molecular formula is C19H18F6N4O. The number of benzene rings is 1. The van der Waals surface area contributed by atoms with E-state index >= 15 is 0 Å². The molecule has 2 amide bonds. The monoisotopic (exact) mass is 432 g/mol. The van der Waals surface area contributed by atoms with Crippen LogP contribution in [0.5, 0.6) is 0 Å². The fraction of sp³-hybridized carbons (Fsp3) is 0.368. The maximum atomic E-state index is 12.8. The molecule has 1 aromatic heterocycles. The van der Waals surface area contributed by atoms with Crippen LogP contribution in [0, 0.1) is 0 Å². The number of amides is 2. The van der Waals surface area contributed by atoms with E-state index in [-0.39, 0.29) is 6.54 Å². The Bertz CT molecular complexity index is 874. The molecule has 0 aliphatic carbocycles. The Hall–Kier alpha value is -2.98. The minimum atomic E-state index is -4.46. The zero-order valence-electron chi connectivity index (χ0n) is 15.6. The van der Waals surface area contributed by atoms with E-state index in [0.717, 1.165) is 24.4 Å². The molecule has 5 nitrogen and oxygen atoms in total.